The van der Waals surface area contributed by atoms with Gasteiger partial charge in [0.1, 0.15) is 17.9 Å². The van der Waals surface area contributed by atoms with Crippen LogP contribution in [0.1, 0.15) is 10.5 Å². The summed E-state index contributed by atoms with van der Waals surface area (Å²) in [4.78, 5) is 16.8. The van der Waals surface area contributed by atoms with E-state index < -0.39 is 0 Å². The van der Waals surface area contributed by atoms with E-state index in [1.54, 1.807) is 31.4 Å². The first-order valence-corrected chi connectivity index (χ1v) is 6.13. The van der Waals surface area contributed by atoms with Crippen molar-refractivity contribution < 1.29 is 14.3 Å². The maximum absolute atomic E-state index is 12.1. The Hall–Kier alpha value is -0.850. The maximum atomic E-state index is 12.1. The van der Waals surface area contributed by atoms with E-state index in [1.165, 1.54) is 0 Å². The minimum Gasteiger partial charge on any atom is -0.377 e. The predicted molar refractivity (Wildman–Crippen MR) is 66.0 cm³/mol. The molecule has 6 heteroatoms. The van der Waals surface area contributed by atoms with Gasteiger partial charge in [0, 0.05) is 38.0 Å². The summed E-state index contributed by atoms with van der Waals surface area (Å²) in [6.45, 7) is 1.12. The molecule has 2 atom stereocenters. The number of rotatable bonds is 3. The van der Waals surface area contributed by atoms with E-state index in [0.29, 0.717) is 18.8 Å². The largest absolute Gasteiger partial charge is 0.377 e. The van der Waals surface area contributed by atoms with E-state index in [-0.39, 0.29) is 18.1 Å². The van der Waals surface area contributed by atoms with Crippen LogP contribution in [0.15, 0.2) is 16.7 Å². The number of carbonyl (C=O) groups excluding carboxylic acids is 1. The zero-order chi connectivity index (χ0) is 12.4. The van der Waals surface area contributed by atoms with E-state index >= 15 is 0 Å². The summed E-state index contributed by atoms with van der Waals surface area (Å²) in [7, 11) is 3.27. The average Bonchev–Trinajstić information content (AvgIpc) is 2.93. The van der Waals surface area contributed by atoms with Gasteiger partial charge in [-0.1, -0.05) is 0 Å². The number of ether oxygens (including phenoxy) is 2. The molecule has 1 aromatic rings. The van der Waals surface area contributed by atoms with E-state index in [0.717, 1.165) is 4.47 Å². The molecule has 1 aliphatic rings. The van der Waals surface area contributed by atoms with Crippen molar-refractivity contribution in [2.75, 3.05) is 27.3 Å². The van der Waals surface area contributed by atoms with Crippen molar-refractivity contribution in [2.24, 2.45) is 0 Å². The first kappa shape index (κ1) is 12.6. The van der Waals surface area contributed by atoms with Crippen LogP contribution in [0.4, 0.5) is 0 Å². The van der Waals surface area contributed by atoms with Crippen LogP contribution >= 0.6 is 15.9 Å². The molecule has 1 amide bonds. The molecule has 1 aromatic heterocycles. The second-order valence-corrected chi connectivity index (χ2v) is 4.91. The van der Waals surface area contributed by atoms with Gasteiger partial charge in [0.05, 0.1) is 0 Å². The fourth-order valence-electron chi connectivity index (χ4n) is 2.02. The van der Waals surface area contributed by atoms with E-state index in [1.807, 2.05) is 0 Å². The molecule has 2 rings (SSSR count). The van der Waals surface area contributed by atoms with Crippen molar-refractivity contribution in [3.05, 3.63) is 22.4 Å². The van der Waals surface area contributed by atoms with Crippen LogP contribution in [-0.2, 0) is 9.47 Å². The molecule has 0 aromatic carbocycles. The molecule has 1 saturated heterocycles. The van der Waals surface area contributed by atoms with E-state index in [2.05, 4.69) is 20.9 Å². The van der Waals surface area contributed by atoms with Crippen LogP contribution in [-0.4, -0.2) is 55.3 Å². The number of amides is 1. The van der Waals surface area contributed by atoms with Gasteiger partial charge < -0.3 is 19.4 Å². The molecule has 0 bridgehead atoms. The maximum Gasteiger partial charge on any atom is 0.270 e. The van der Waals surface area contributed by atoms with Gasteiger partial charge in [-0.15, -0.1) is 0 Å². The molecular formula is C11H15BrN2O3. The molecule has 1 N–H and O–H groups in total. The van der Waals surface area contributed by atoms with Crippen molar-refractivity contribution in [3.63, 3.8) is 0 Å². The van der Waals surface area contributed by atoms with Gasteiger partial charge in [0.2, 0.25) is 0 Å². The Morgan fingerprint density at radius 2 is 2.00 bits per heavy atom. The lowest BCUT2D eigenvalue weighted by molar-refractivity contribution is -0.00461. The standard InChI is InChI=1S/C11H15BrN2O3/c1-16-9-5-14(6-10(9)17-2)11(15)8-3-7(12)4-13-8/h3-4,9-10,13H,5-6H2,1-2H3. The summed E-state index contributed by atoms with van der Waals surface area (Å²) in [5.74, 6) is -0.0303. The molecule has 94 valence electrons. The Bertz CT molecular complexity index is 395. The number of nitrogens with one attached hydrogen (secondary N) is 1. The summed E-state index contributed by atoms with van der Waals surface area (Å²) in [6, 6.07) is 1.77. The molecule has 2 heterocycles. The second kappa shape index (κ2) is 5.20. The predicted octanol–water partition coefficient (Wildman–Crippen LogP) is 1.26. The molecule has 1 fully saturated rings. The lowest BCUT2D eigenvalue weighted by Crippen LogP contribution is -2.30. The summed E-state index contributed by atoms with van der Waals surface area (Å²) >= 11 is 3.31. The van der Waals surface area contributed by atoms with Crippen LogP contribution in [0.2, 0.25) is 0 Å². The fraction of sp³-hybridized carbons (Fsp3) is 0.545. The van der Waals surface area contributed by atoms with Crippen molar-refractivity contribution >= 4 is 21.8 Å². The summed E-state index contributed by atoms with van der Waals surface area (Å²) in [6.07, 6.45) is 1.63. The Labute approximate surface area is 108 Å². The first-order chi connectivity index (χ1) is 8.15. The number of aromatic amines is 1. The van der Waals surface area contributed by atoms with Gasteiger partial charge in [0.15, 0.2) is 0 Å². The minimum absolute atomic E-state index is 0.0303. The Morgan fingerprint density at radius 3 is 2.41 bits per heavy atom. The third-order valence-corrected chi connectivity index (χ3v) is 3.44. The number of halogens is 1. The van der Waals surface area contributed by atoms with Crippen LogP contribution in [0.25, 0.3) is 0 Å². The smallest absolute Gasteiger partial charge is 0.270 e. The molecule has 0 spiro atoms. The average molecular weight is 303 g/mol. The van der Waals surface area contributed by atoms with E-state index in [4.69, 9.17) is 9.47 Å². The number of likely N-dealkylation sites (tertiary alicyclic amines) is 1. The number of hydrogen-bond donors (Lipinski definition) is 1. The molecule has 0 radical (unpaired) electrons. The molecule has 0 saturated carbocycles. The van der Waals surface area contributed by atoms with Gasteiger partial charge in [-0.2, -0.15) is 0 Å². The zero-order valence-corrected chi connectivity index (χ0v) is 11.4. The van der Waals surface area contributed by atoms with Gasteiger partial charge in [0.25, 0.3) is 5.91 Å². The zero-order valence-electron chi connectivity index (χ0n) is 9.77. The molecule has 1 aliphatic heterocycles. The van der Waals surface area contributed by atoms with Crippen LogP contribution in [0.5, 0.6) is 0 Å². The quantitative estimate of drug-likeness (QED) is 0.915. The molecule has 17 heavy (non-hydrogen) atoms. The molecule has 5 nitrogen and oxygen atoms in total. The van der Waals surface area contributed by atoms with E-state index in [9.17, 15) is 4.79 Å². The lowest BCUT2D eigenvalue weighted by Gasteiger charge is -2.14. The lowest BCUT2D eigenvalue weighted by atomic mass is 10.3. The van der Waals surface area contributed by atoms with Crippen LogP contribution in [0, 0.1) is 0 Å². The highest BCUT2D eigenvalue weighted by atomic mass is 79.9. The third-order valence-electron chi connectivity index (χ3n) is 2.99. The van der Waals surface area contributed by atoms with Gasteiger partial charge in [-0.05, 0) is 22.0 Å². The highest BCUT2D eigenvalue weighted by Gasteiger charge is 2.36. The number of methoxy groups -OCH3 is 2. The molecule has 2 unspecified atom stereocenters. The van der Waals surface area contributed by atoms with Crippen molar-refractivity contribution in [1.29, 1.82) is 0 Å². The SMILES string of the molecule is COC1CN(C(=O)c2cc(Br)c[nH]2)CC1OC. The van der Waals surface area contributed by atoms with Gasteiger partial charge >= 0.3 is 0 Å². The fourth-order valence-corrected chi connectivity index (χ4v) is 2.37. The van der Waals surface area contributed by atoms with Gasteiger partial charge in [-0.25, -0.2) is 0 Å². The Kier molecular flexibility index (Phi) is 3.86. The Morgan fingerprint density at radius 1 is 1.41 bits per heavy atom. The number of aromatic nitrogens is 1. The number of H-pyrrole nitrogens is 1. The molecule has 0 aliphatic carbocycles. The highest BCUT2D eigenvalue weighted by molar-refractivity contribution is 9.10. The topological polar surface area (TPSA) is 54.6 Å². The van der Waals surface area contributed by atoms with Crippen molar-refractivity contribution in [1.82, 2.24) is 9.88 Å². The third kappa shape index (κ3) is 2.53. The van der Waals surface area contributed by atoms with Crippen molar-refractivity contribution in [2.45, 2.75) is 12.2 Å². The monoisotopic (exact) mass is 302 g/mol. The summed E-state index contributed by atoms with van der Waals surface area (Å²) in [5, 5.41) is 0. The van der Waals surface area contributed by atoms with Crippen molar-refractivity contribution in [3.8, 4) is 0 Å². The number of hydrogen-bond acceptors (Lipinski definition) is 3. The van der Waals surface area contributed by atoms with Crippen LogP contribution < -0.4 is 0 Å². The summed E-state index contributed by atoms with van der Waals surface area (Å²) in [5.41, 5.74) is 0.573. The van der Waals surface area contributed by atoms with Gasteiger partial charge in [-0.3, -0.25) is 4.79 Å². The minimum atomic E-state index is -0.0534. The summed E-state index contributed by atoms with van der Waals surface area (Å²) < 4.78 is 11.5. The number of nitrogens with zero attached hydrogens (tertiary/aromatic N) is 1. The Balaban J connectivity index is 2.07. The van der Waals surface area contributed by atoms with Crippen LogP contribution in [0.3, 0.4) is 0 Å². The molecular weight excluding hydrogens is 288 g/mol. The first-order valence-electron chi connectivity index (χ1n) is 5.34. The normalized spacial score (nSPS) is 24.3. The number of carbonyl (C=O) groups is 1. The highest BCUT2D eigenvalue weighted by Crippen LogP contribution is 2.19. The second-order valence-electron chi connectivity index (χ2n) is 3.99.